The molecule has 1 aromatic heterocycles. The number of rotatable bonds is 8. The third-order valence-corrected chi connectivity index (χ3v) is 2.68. The largest absolute Gasteiger partial charge is 0.474 e. The van der Waals surface area contributed by atoms with Crippen LogP contribution in [-0.4, -0.2) is 46.3 Å². The summed E-state index contributed by atoms with van der Waals surface area (Å²) < 4.78 is 5.37. The van der Waals surface area contributed by atoms with Gasteiger partial charge in [-0.25, -0.2) is 0 Å². The smallest absolute Gasteiger partial charge is 0.233 e. The van der Waals surface area contributed by atoms with Crippen LogP contribution in [0.2, 0.25) is 0 Å². The molecule has 0 aliphatic heterocycles. The summed E-state index contributed by atoms with van der Waals surface area (Å²) in [6.45, 7) is 4.51. The van der Waals surface area contributed by atoms with Gasteiger partial charge >= 0.3 is 0 Å². The molecule has 1 atom stereocenters. The van der Waals surface area contributed by atoms with Crippen molar-refractivity contribution in [3.8, 4) is 5.88 Å². The maximum absolute atomic E-state index is 9.72. The Balaban J connectivity index is 1.70. The Kier molecular flexibility index (Phi) is 5.25. The van der Waals surface area contributed by atoms with Gasteiger partial charge in [-0.2, -0.15) is 5.10 Å². The molecular weight excluding hydrogens is 258 g/mol. The molecule has 110 valence electrons. The number of hydrogen-bond donors (Lipinski definition) is 3. The lowest BCUT2D eigenvalue weighted by Gasteiger charge is -2.12. The summed E-state index contributed by atoms with van der Waals surface area (Å²) in [5.74, 6) is 0.938. The summed E-state index contributed by atoms with van der Waals surface area (Å²) >= 11 is 0. The number of aliphatic hydroxyl groups is 1. The number of hydrogen-bond acceptors (Lipinski definition) is 7. The minimum Gasteiger partial charge on any atom is -0.474 e. The molecule has 2 rings (SSSR count). The Labute approximate surface area is 118 Å². The zero-order valence-electron chi connectivity index (χ0n) is 11.8. The Bertz CT molecular complexity index is 441. The lowest BCUT2D eigenvalue weighted by Crippen LogP contribution is -2.32. The molecule has 7 heteroatoms. The maximum atomic E-state index is 9.72. The highest BCUT2D eigenvalue weighted by Gasteiger charge is 2.21. The number of anilines is 1. The summed E-state index contributed by atoms with van der Waals surface area (Å²) in [4.78, 5) is 0. The molecule has 0 spiro atoms. The molecule has 0 bridgehead atoms. The fourth-order valence-electron chi connectivity index (χ4n) is 1.46. The van der Waals surface area contributed by atoms with Gasteiger partial charge in [0.05, 0.1) is 0 Å². The van der Waals surface area contributed by atoms with Crippen LogP contribution in [-0.2, 0) is 0 Å². The van der Waals surface area contributed by atoms with Crippen LogP contribution >= 0.6 is 0 Å². The van der Waals surface area contributed by atoms with Crippen molar-refractivity contribution in [2.75, 3.05) is 18.6 Å². The molecule has 1 aromatic rings. The van der Waals surface area contributed by atoms with Crippen LogP contribution in [0.4, 0.5) is 5.82 Å². The van der Waals surface area contributed by atoms with Crippen molar-refractivity contribution >= 4 is 11.5 Å². The zero-order chi connectivity index (χ0) is 14.4. The van der Waals surface area contributed by atoms with Crippen LogP contribution in [0.15, 0.2) is 17.2 Å². The normalized spacial score (nSPS) is 15.6. The van der Waals surface area contributed by atoms with E-state index in [1.165, 1.54) is 12.8 Å². The second-order valence-corrected chi connectivity index (χ2v) is 5.07. The van der Waals surface area contributed by atoms with Gasteiger partial charge in [0.1, 0.15) is 12.7 Å². The second-order valence-electron chi connectivity index (χ2n) is 5.07. The van der Waals surface area contributed by atoms with E-state index in [9.17, 15) is 5.11 Å². The van der Waals surface area contributed by atoms with E-state index in [2.05, 4.69) is 26.0 Å². The molecular formula is C13H21N5O2. The first kappa shape index (κ1) is 14.7. The highest BCUT2D eigenvalue weighted by molar-refractivity contribution is 5.79. The second kappa shape index (κ2) is 7.16. The fraction of sp³-hybridized carbons (Fsp3) is 0.615. The molecule has 0 saturated heterocycles. The van der Waals surface area contributed by atoms with Crippen molar-refractivity contribution in [3.63, 3.8) is 0 Å². The van der Waals surface area contributed by atoms with Crippen LogP contribution in [0.25, 0.3) is 0 Å². The topological polar surface area (TPSA) is 91.7 Å². The van der Waals surface area contributed by atoms with Gasteiger partial charge in [0, 0.05) is 24.4 Å². The Hall–Kier alpha value is -1.73. The van der Waals surface area contributed by atoms with Crippen molar-refractivity contribution in [3.05, 3.63) is 12.1 Å². The van der Waals surface area contributed by atoms with Gasteiger partial charge < -0.3 is 15.2 Å². The highest BCUT2D eigenvalue weighted by Crippen LogP contribution is 2.18. The quantitative estimate of drug-likeness (QED) is 0.481. The highest BCUT2D eigenvalue weighted by atomic mass is 16.5. The number of hydrazone groups is 1. The zero-order valence-corrected chi connectivity index (χ0v) is 11.8. The lowest BCUT2D eigenvalue weighted by atomic mass is 10.4. The number of aromatic nitrogens is 2. The predicted molar refractivity (Wildman–Crippen MR) is 77.0 cm³/mol. The van der Waals surface area contributed by atoms with E-state index in [1.807, 2.05) is 13.8 Å². The minimum atomic E-state index is -0.539. The van der Waals surface area contributed by atoms with Crippen LogP contribution < -0.4 is 15.5 Å². The van der Waals surface area contributed by atoms with E-state index in [1.54, 1.807) is 12.1 Å². The molecule has 0 amide bonds. The van der Waals surface area contributed by atoms with E-state index in [-0.39, 0.29) is 6.61 Å². The Morgan fingerprint density at radius 1 is 1.45 bits per heavy atom. The van der Waals surface area contributed by atoms with Crippen molar-refractivity contribution in [1.29, 1.82) is 0 Å². The fourth-order valence-corrected chi connectivity index (χ4v) is 1.46. The van der Waals surface area contributed by atoms with Gasteiger partial charge in [0.15, 0.2) is 5.82 Å². The van der Waals surface area contributed by atoms with Gasteiger partial charge in [0.25, 0.3) is 0 Å². The number of nitrogens with one attached hydrogen (secondary N) is 2. The maximum Gasteiger partial charge on any atom is 0.233 e. The molecule has 1 aliphatic carbocycles. The Morgan fingerprint density at radius 2 is 2.25 bits per heavy atom. The van der Waals surface area contributed by atoms with E-state index in [0.717, 1.165) is 5.71 Å². The molecule has 1 aliphatic rings. The van der Waals surface area contributed by atoms with E-state index < -0.39 is 6.10 Å². The molecule has 0 radical (unpaired) electrons. The van der Waals surface area contributed by atoms with Crippen LogP contribution in [0.1, 0.15) is 26.7 Å². The molecule has 0 aromatic carbocycles. The molecule has 1 fully saturated rings. The number of aliphatic hydroxyl groups excluding tert-OH is 1. The summed E-state index contributed by atoms with van der Waals surface area (Å²) in [6, 6.07) is 4.00. The summed E-state index contributed by atoms with van der Waals surface area (Å²) in [5, 5.41) is 24.8. The van der Waals surface area contributed by atoms with E-state index in [0.29, 0.717) is 24.3 Å². The third kappa shape index (κ3) is 5.50. The standard InChI is InChI=1S/C13H21N5O2/c1-9(2)15-16-12-5-6-13(18-17-12)20-8-11(19)7-14-10-3-4-10/h5-6,10-11,14,19H,3-4,7-8H2,1-2H3,(H,16,17). The first-order chi connectivity index (χ1) is 9.63. The van der Waals surface area contributed by atoms with E-state index >= 15 is 0 Å². The monoisotopic (exact) mass is 279 g/mol. The van der Waals surface area contributed by atoms with Gasteiger partial charge in [-0.15, -0.1) is 10.2 Å². The molecule has 1 unspecified atom stereocenters. The van der Waals surface area contributed by atoms with Crippen LogP contribution in [0.3, 0.4) is 0 Å². The summed E-state index contributed by atoms with van der Waals surface area (Å²) in [6.07, 6.45) is 1.86. The van der Waals surface area contributed by atoms with Crippen molar-refractivity contribution < 1.29 is 9.84 Å². The number of nitrogens with zero attached hydrogens (tertiary/aromatic N) is 3. The molecule has 1 saturated carbocycles. The van der Waals surface area contributed by atoms with E-state index in [4.69, 9.17) is 4.74 Å². The lowest BCUT2D eigenvalue weighted by molar-refractivity contribution is 0.103. The van der Waals surface area contributed by atoms with Gasteiger partial charge in [-0.05, 0) is 32.8 Å². The molecule has 1 heterocycles. The Morgan fingerprint density at radius 3 is 2.85 bits per heavy atom. The molecule has 7 nitrogen and oxygen atoms in total. The van der Waals surface area contributed by atoms with Crippen molar-refractivity contribution in [2.24, 2.45) is 5.10 Å². The first-order valence-corrected chi connectivity index (χ1v) is 6.78. The average Bonchev–Trinajstić information content (AvgIpc) is 3.26. The van der Waals surface area contributed by atoms with Crippen molar-refractivity contribution in [1.82, 2.24) is 15.5 Å². The van der Waals surface area contributed by atoms with Crippen LogP contribution in [0, 0.1) is 0 Å². The third-order valence-electron chi connectivity index (χ3n) is 2.68. The first-order valence-electron chi connectivity index (χ1n) is 6.78. The summed E-state index contributed by atoms with van der Waals surface area (Å²) in [7, 11) is 0. The van der Waals surface area contributed by atoms with Gasteiger partial charge in [-0.1, -0.05) is 0 Å². The summed E-state index contributed by atoms with van der Waals surface area (Å²) in [5.41, 5.74) is 3.68. The minimum absolute atomic E-state index is 0.202. The van der Waals surface area contributed by atoms with Gasteiger partial charge in [-0.3, -0.25) is 5.43 Å². The van der Waals surface area contributed by atoms with Crippen molar-refractivity contribution in [2.45, 2.75) is 38.8 Å². The molecule has 3 N–H and O–H groups in total. The molecule has 20 heavy (non-hydrogen) atoms. The van der Waals surface area contributed by atoms with Crippen LogP contribution in [0.5, 0.6) is 5.88 Å². The SMILES string of the molecule is CC(C)=NNc1ccc(OCC(O)CNC2CC2)nn1. The predicted octanol–water partition coefficient (Wildman–Crippen LogP) is 0.776. The van der Waals surface area contributed by atoms with Gasteiger partial charge in [0.2, 0.25) is 5.88 Å². The average molecular weight is 279 g/mol. The number of ether oxygens (including phenoxy) is 1.